The van der Waals surface area contributed by atoms with Gasteiger partial charge in [0, 0.05) is 0 Å². The molecule has 0 aromatic heterocycles. The third-order valence-corrected chi connectivity index (χ3v) is 8.20. The molecule has 0 heterocycles. The molecule has 0 saturated carbocycles. The molecule has 0 aliphatic heterocycles. The van der Waals surface area contributed by atoms with Crippen molar-refractivity contribution in [1.29, 1.82) is 0 Å². The molecule has 0 bridgehead atoms. The zero-order valence-corrected chi connectivity index (χ0v) is 32.4. The number of carbonyl (C=O) groups is 9. The van der Waals surface area contributed by atoms with Crippen LogP contribution in [0.2, 0.25) is 0 Å². The number of hydrogen-bond acceptors (Lipinski definition) is 11. The number of rotatable bonds is 25. The van der Waals surface area contributed by atoms with Gasteiger partial charge in [0.15, 0.2) is 0 Å². The number of aliphatic carboxylic acids is 1. The lowest BCUT2D eigenvalue weighted by molar-refractivity contribution is -0.143. The van der Waals surface area contributed by atoms with Crippen LogP contribution in [0.5, 0.6) is 0 Å². The van der Waals surface area contributed by atoms with E-state index in [1.165, 1.54) is 0 Å². The zero-order valence-electron chi connectivity index (χ0n) is 32.4. The molecule has 0 aliphatic carbocycles. The number of carbonyl (C=O) groups excluding carboxylic acids is 8. The molecule has 0 rings (SSSR count). The maximum atomic E-state index is 13.4. The fourth-order valence-electron chi connectivity index (χ4n) is 5.06. The summed E-state index contributed by atoms with van der Waals surface area (Å²) >= 11 is 0. The second-order valence-corrected chi connectivity index (χ2v) is 14.3. The summed E-state index contributed by atoms with van der Waals surface area (Å²) < 4.78 is 0. The number of hydrogen-bond donors (Lipinski definition) is 11. The quantitative estimate of drug-likeness (QED) is 0.0435. The summed E-state index contributed by atoms with van der Waals surface area (Å²) in [5.41, 5.74) is 10.7. The van der Waals surface area contributed by atoms with Crippen molar-refractivity contribution >= 4 is 53.2 Å². The summed E-state index contributed by atoms with van der Waals surface area (Å²) in [7, 11) is 0. The molecule has 7 unspecified atom stereocenters. The van der Waals surface area contributed by atoms with E-state index < -0.39 is 121 Å². The third kappa shape index (κ3) is 18.3. The number of nitrogens with one attached hydrogen (secondary N) is 7. The minimum Gasteiger partial charge on any atom is -0.480 e. The second-order valence-electron chi connectivity index (χ2n) is 14.3. The smallest absolute Gasteiger partial charge is 0.326 e. The van der Waals surface area contributed by atoms with E-state index in [4.69, 9.17) is 11.5 Å². The number of aliphatic hydroxyl groups excluding tert-OH is 1. The van der Waals surface area contributed by atoms with Crippen molar-refractivity contribution < 1.29 is 53.4 Å². The molecule has 0 aromatic carbocycles. The Hall–Kier alpha value is -4.85. The summed E-state index contributed by atoms with van der Waals surface area (Å²) in [6, 6.07) is -8.08. The summed E-state index contributed by atoms with van der Waals surface area (Å²) in [6.07, 6.45) is 0.00103. The van der Waals surface area contributed by atoms with Crippen LogP contribution in [0.1, 0.15) is 81.1 Å². The maximum Gasteiger partial charge on any atom is 0.326 e. The van der Waals surface area contributed by atoms with Gasteiger partial charge < -0.3 is 58.9 Å². The Morgan fingerprint density at radius 2 is 1.07 bits per heavy atom. The lowest BCUT2D eigenvalue weighted by Crippen LogP contribution is -2.61. The van der Waals surface area contributed by atoms with Gasteiger partial charge in [-0.3, -0.25) is 38.4 Å². The van der Waals surface area contributed by atoms with Gasteiger partial charge >= 0.3 is 5.97 Å². The van der Waals surface area contributed by atoms with Gasteiger partial charge in [0.05, 0.1) is 26.1 Å². The molecule has 7 atom stereocenters. The van der Waals surface area contributed by atoms with Gasteiger partial charge in [-0.05, 0) is 36.5 Å². The third-order valence-electron chi connectivity index (χ3n) is 8.20. The van der Waals surface area contributed by atoms with E-state index in [1.54, 1.807) is 41.5 Å². The minimum atomic E-state index is -1.68. The van der Waals surface area contributed by atoms with E-state index in [0.717, 1.165) is 0 Å². The van der Waals surface area contributed by atoms with Crippen LogP contribution in [0.25, 0.3) is 0 Å². The first-order valence-electron chi connectivity index (χ1n) is 18.0. The van der Waals surface area contributed by atoms with Gasteiger partial charge in [0.1, 0.15) is 36.3 Å². The van der Waals surface area contributed by atoms with Crippen LogP contribution in [-0.4, -0.2) is 119 Å². The number of carboxylic acids is 1. The summed E-state index contributed by atoms with van der Waals surface area (Å²) in [6.45, 7) is 11.8. The van der Waals surface area contributed by atoms with Gasteiger partial charge in [0.25, 0.3) is 0 Å². The Labute approximate surface area is 315 Å². The van der Waals surface area contributed by atoms with Gasteiger partial charge in [0.2, 0.25) is 47.3 Å². The molecule has 308 valence electrons. The number of carboxylic acid groups (broad SMARTS) is 1. The Balaban J connectivity index is 5.90. The molecule has 0 fully saturated rings. The van der Waals surface area contributed by atoms with Crippen LogP contribution in [-0.2, 0) is 43.2 Å². The highest BCUT2D eigenvalue weighted by atomic mass is 16.4. The summed E-state index contributed by atoms with van der Waals surface area (Å²) in [4.78, 5) is 114. The molecule has 8 amide bonds. The second kappa shape index (κ2) is 24.5. The van der Waals surface area contributed by atoms with Crippen molar-refractivity contribution in [3.63, 3.8) is 0 Å². The summed E-state index contributed by atoms with van der Waals surface area (Å²) in [5.74, 6) is -9.27. The van der Waals surface area contributed by atoms with Gasteiger partial charge in [-0.2, -0.15) is 0 Å². The van der Waals surface area contributed by atoms with Crippen LogP contribution in [0.15, 0.2) is 0 Å². The molecule has 0 saturated heterocycles. The lowest BCUT2D eigenvalue weighted by Gasteiger charge is -2.28. The molecule has 0 aromatic rings. The van der Waals surface area contributed by atoms with Gasteiger partial charge in [-0.15, -0.1) is 0 Å². The number of aliphatic hydroxyl groups is 1. The monoisotopic (exact) mass is 771 g/mol. The highest BCUT2D eigenvalue weighted by Crippen LogP contribution is 2.10. The highest BCUT2D eigenvalue weighted by Gasteiger charge is 2.34. The Bertz CT molecular complexity index is 1330. The maximum absolute atomic E-state index is 13.4. The first kappa shape index (κ1) is 49.1. The van der Waals surface area contributed by atoms with Gasteiger partial charge in [-0.25, -0.2) is 4.79 Å². The van der Waals surface area contributed by atoms with Crippen molar-refractivity contribution in [3.8, 4) is 0 Å². The van der Waals surface area contributed by atoms with Crippen LogP contribution in [0.3, 0.4) is 0 Å². The first-order chi connectivity index (χ1) is 25.1. The number of amides is 8. The van der Waals surface area contributed by atoms with E-state index in [9.17, 15) is 53.4 Å². The predicted molar refractivity (Wildman–Crippen MR) is 195 cm³/mol. The fraction of sp³-hybridized carbons (Fsp3) is 0.735. The summed E-state index contributed by atoms with van der Waals surface area (Å²) in [5, 5.41) is 36.2. The average Bonchev–Trinajstić information content (AvgIpc) is 3.08. The van der Waals surface area contributed by atoms with Crippen LogP contribution < -0.4 is 48.7 Å². The minimum absolute atomic E-state index is 0.0207. The van der Waals surface area contributed by atoms with E-state index in [-0.39, 0.29) is 31.2 Å². The van der Waals surface area contributed by atoms with Crippen molar-refractivity contribution in [2.75, 3.05) is 19.7 Å². The molecule has 13 N–H and O–H groups in total. The Morgan fingerprint density at radius 1 is 0.593 bits per heavy atom. The van der Waals surface area contributed by atoms with E-state index in [2.05, 4.69) is 37.2 Å². The van der Waals surface area contributed by atoms with Gasteiger partial charge in [-0.1, -0.05) is 61.8 Å². The highest BCUT2D eigenvalue weighted by molar-refractivity contribution is 5.98. The van der Waals surface area contributed by atoms with E-state index in [1.807, 2.05) is 13.8 Å². The SMILES string of the molecule is CCC(C)C(NC(=O)CNC(=O)C(CC(C)C)NC(=O)C(CC(N)=O)NC(=O)C(CO)NC(=O)C(NC(=O)C(CC(C)C)NC(=O)CN)C(C)C)C(=O)O. The average molecular weight is 772 g/mol. The standard InChI is InChI=1S/C34H61N9O11/c1-9-19(8)28(34(53)54)42-26(47)14-37-29(48)20(10-16(2)3)39-30(49)22(12-24(36)45)40-32(51)23(15-44)41-33(52)27(18(6)7)43-31(50)21(11-17(4)5)38-25(46)13-35/h16-23,27-28,44H,9-15,35H2,1-8H3,(H2,36,45)(H,37,48)(H,38,46)(H,39,49)(H,40,51)(H,41,52)(H,42,47)(H,43,50)(H,53,54). The van der Waals surface area contributed by atoms with Crippen molar-refractivity contribution in [1.82, 2.24) is 37.2 Å². The molecule has 20 nitrogen and oxygen atoms in total. The molecule has 20 heteroatoms. The van der Waals surface area contributed by atoms with Crippen molar-refractivity contribution in [3.05, 3.63) is 0 Å². The van der Waals surface area contributed by atoms with Crippen LogP contribution in [0, 0.1) is 23.7 Å². The van der Waals surface area contributed by atoms with Crippen LogP contribution in [0.4, 0.5) is 0 Å². The molecule has 0 spiro atoms. The van der Waals surface area contributed by atoms with Crippen molar-refractivity contribution in [2.24, 2.45) is 35.1 Å². The topological polar surface area (TPSA) is 330 Å². The van der Waals surface area contributed by atoms with E-state index >= 15 is 0 Å². The number of nitrogens with two attached hydrogens (primary N) is 2. The molecular weight excluding hydrogens is 710 g/mol. The predicted octanol–water partition coefficient (Wildman–Crippen LogP) is -3.28. The molecule has 0 radical (unpaired) electrons. The van der Waals surface area contributed by atoms with E-state index in [0.29, 0.717) is 6.42 Å². The fourth-order valence-corrected chi connectivity index (χ4v) is 5.06. The molecule has 0 aliphatic rings. The normalized spacial score (nSPS) is 15.1. The van der Waals surface area contributed by atoms with Crippen LogP contribution >= 0.6 is 0 Å². The molecular formula is C34H61N9O11. The first-order valence-corrected chi connectivity index (χ1v) is 18.0. The van der Waals surface area contributed by atoms with Crippen molar-refractivity contribution in [2.45, 2.75) is 117 Å². The Morgan fingerprint density at radius 3 is 1.52 bits per heavy atom. The number of primary amides is 1. The lowest BCUT2D eigenvalue weighted by atomic mass is 9.99. The molecule has 54 heavy (non-hydrogen) atoms. The Kier molecular flexibility index (Phi) is 22.3. The largest absolute Gasteiger partial charge is 0.480 e. The zero-order chi connectivity index (χ0) is 41.9.